The van der Waals surface area contributed by atoms with Crippen molar-refractivity contribution in [3.05, 3.63) is 59.7 Å². The molecule has 3 N–H and O–H groups in total. The quantitative estimate of drug-likeness (QED) is 0.384. The van der Waals surface area contributed by atoms with E-state index in [1.165, 1.54) is 6.21 Å². The Balaban J connectivity index is 1.79. The molecule has 0 fully saturated rings. The van der Waals surface area contributed by atoms with E-state index in [0.29, 0.717) is 17.9 Å². The number of hydrazone groups is 1. The van der Waals surface area contributed by atoms with Crippen LogP contribution < -0.4 is 20.8 Å². The number of nitrogens with one attached hydrogen (secondary N) is 3. The monoisotopic (exact) mass is 382 g/mol. The Morgan fingerprint density at radius 3 is 2.50 bits per heavy atom. The van der Waals surface area contributed by atoms with Crippen molar-refractivity contribution in [1.29, 1.82) is 0 Å². The van der Waals surface area contributed by atoms with Gasteiger partial charge in [-0.05, 0) is 61.4 Å². The Kier molecular flexibility index (Phi) is 7.71. The summed E-state index contributed by atoms with van der Waals surface area (Å²) >= 11 is 0. The summed E-state index contributed by atoms with van der Waals surface area (Å²) in [6, 6.07) is 14.2. The fourth-order valence-corrected chi connectivity index (χ4v) is 2.18. The number of anilines is 1. The Morgan fingerprint density at radius 1 is 1.07 bits per heavy atom. The molecule has 146 valence electrons. The van der Waals surface area contributed by atoms with Crippen LogP contribution in [0.4, 0.5) is 5.69 Å². The molecule has 8 heteroatoms. The molecule has 8 nitrogen and oxygen atoms in total. The van der Waals surface area contributed by atoms with Gasteiger partial charge in [0.2, 0.25) is 0 Å². The molecule has 0 aliphatic rings. The van der Waals surface area contributed by atoms with Crippen molar-refractivity contribution in [2.24, 2.45) is 5.10 Å². The summed E-state index contributed by atoms with van der Waals surface area (Å²) in [6.45, 7) is 3.90. The number of hydrogen-bond donors (Lipinski definition) is 3. The molecular weight excluding hydrogens is 360 g/mol. The molecule has 2 aromatic carbocycles. The van der Waals surface area contributed by atoms with Crippen molar-refractivity contribution < 1.29 is 19.1 Å². The SMILES string of the molecule is CCNC(=O)C(=O)N/N=C\c1ccc(OCC(=O)Nc2cccc(C)c2)cc1. The summed E-state index contributed by atoms with van der Waals surface area (Å²) in [4.78, 5) is 34.6. The molecule has 0 bridgehead atoms. The third kappa shape index (κ3) is 6.91. The number of nitrogens with zero attached hydrogens (tertiary/aromatic N) is 1. The fourth-order valence-electron chi connectivity index (χ4n) is 2.18. The lowest BCUT2D eigenvalue weighted by Gasteiger charge is -2.08. The van der Waals surface area contributed by atoms with E-state index >= 15 is 0 Å². The molecule has 0 aliphatic carbocycles. The molecule has 2 rings (SSSR count). The minimum absolute atomic E-state index is 0.121. The first-order chi connectivity index (χ1) is 13.5. The average Bonchev–Trinajstić information content (AvgIpc) is 2.67. The van der Waals surface area contributed by atoms with Crippen LogP contribution in [0.25, 0.3) is 0 Å². The van der Waals surface area contributed by atoms with Crippen molar-refractivity contribution in [3.8, 4) is 5.75 Å². The first-order valence-electron chi connectivity index (χ1n) is 8.68. The molecule has 0 aromatic heterocycles. The van der Waals surface area contributed by atoms with Gasteiger partial charge in [-0.3, -0.25) is 14.4 Å². The summed E-state index contributed by atoms with van der Waals surface area (Å²) < 4.78 is 5.45. The van der Waals surface area contributed by atoms with Crippen molar-refractivity contribution >= 4 is 29.6 Å². The Bertz CT molecular complexity index is 863. The largest absolute Gasteiger partial charge is 0.484 e. The molecular formula is C20H22N4O4. The van der Waals surface area contributed by atoms with E-state index in [9.17, 15) is 14.4 Å². The highest BCUT2D eigenvalue weighted by Crippen LogP contribution is 2.12. The van der Waals surface area contributed by atoms with E-state index < -0.39 is 11.8 Å². The molecule has 0 radical (unpaired) electrons. The third-order valence-corrected chi connectivity index (χ3v) is 3.48. The predicted molar refractivity (Wildman–Crippen MR) is 106 cm³/mol. The number of benzene rings is 2. The summed E-state index contributed by atoms with van der Waals surface area (Å²) in [5.41, 5.74) is 4.59. The first kappa shape index (κ1) is 20.6. The number of carbonyl (C=O) groups is 3. The van der Waals surface area contributed by atoms with Gasteiger partial charge in [-0.1, -0.05) is 12.1 Å². The van der Waals surface area contributed by atoms with Gasteiger partial charge < -0.3 is 15.4 Å². The number of ether oxygens (including phenoxy) is 1. The van der Waals surface area contributed by atoms with Crippen LogP contribution in [0.3, 0.4) is 0 Å². The van der Waals surface area contributed by atoms with E-state index in [0.717, 1.165) is 11.3 Å². The highest BCUT2D eigenvalue weighted by Gasteiger charge is 2.10. The maximum atomic E-state index is 11.9. The Morgan fingerprint density at radius 2 is 1.82 bits per heavy atom. The van der Waals surface area contributed by atoms with Gasteiger partial charge in [0.25, 0.3) is 5.91 Å². The topological polar surface area (TPSA) is 109 Å². The van der Waals surface area contributed by atoms with E-state index in [2.05, 4.69) is 21.2 Å². The summed E-state index contributed by atoms with van der Waals surface area (Å²) in [5, 5.41) is 8.84. The zero-order chi connectivity index (χ0) is 20.4. The van der Waals surface area contributed by atoms with Crippen LogP contribution in [0, 0.1) is 6.92 Å². The normalized spacial score (nSPS) is 10.4. The predicted octanol–water partition coefficient (Wildman–Crippen LogP) is 1.60. The van der Waals surface area contributed by atoms with Gasteiger partial charge in [0.1, 0.15) is 5.75 Å². The van der Waals surface area contributed by atoms with Crippen molar-refractivity contribution in [2.75, 3.05) is 18.5 Å². The second-order valence-corrected chi connectivity index (χ2v) is 5.83. The third-order valence-electron chi connectivity index (χ3n) is 3.48. The second kappa shape index (κ2) is 10.5. The lowest BCUT2D eigenvalue weighted by Crippen LogP contribution is -2.37. The van der Waals surface area contributed by atoms with Crippen LogP contribution in [0.5, 0.6) is 5.75 Å². The minimum Gasteiger partial charge on any atom is -0.484 e. The number of likely N-dealkylation sites (N-methyl/N-ethyl adjacent to an activating group) is 1. The van der Waals surface area contributed by atoms with Gasteiger partial charge in [-0.2, -0.15) is 5.10 Å². The van der Waals surface area contributed by atoms with Crippen molar-refractivity contribution in [3.63, 3.8) is 0 Å². The van der Waals surface area contributed by atoms with Crippen LogP contribution in [0.1, 0.15) is 18.1 Å². The summed E-state index contributed by atoms with van der Waals surface area (Å²) in [6.07, 6.45) is 1.39. The van der Waals surface area contributed by atoms with E-state index in [4.69, 9.17) is 4.74 Å². The molecule has 0 heterocycles. The number of rotatable bonds is 7. The van der Waals surface area contributed by atoms with Crippen LogP contribution in [-0.2, 0) is 14.4 Å². The highest BCUT2D eigenvalue weighted by atomic mass is 16.5. The van der Waals surface area contributed by atoms with Gasteiger partial charge in [0.15, 0.2) is 6.61 Å². The van der Waals surface area contributed by atoms with Crippen molar-refractivity contribution in [1.82, 2.24) is 10.7 Å². The molecule has 28 heavy (non-hydrogen) atoms. The van der Waals surface area contributed by atoms with Crippen LogP contribution in [0.15, 0.2) is 53.6 Å². The summed E-state index contributed by atoms with van der Waals surface area (Å²) in [5.74, 6) is -1.32. The molecule has 0 saturated heterocycles. The smallest absolute Gasteiger partial charge is 0.329 e. The molecule has 0 saturated carbocycles. The van der Waals surface area contributed by atoms with E-state index in [1.54, 1.807) is 31.2 Å². The van der Waals surface area contributed by atoms with Crippen LogP contribution in [-0.4, -0.2) is 37.1 Å². The number of carbonyl (C=O) groups excluding carboxylic acids is 3. The molecule has 0 atom stereocenters. The van der Waals surface area contributed by atoms with Crippen LogP contribution in [0.2, 0.25) is 0 Å². The minimum atomic E-state index is -0.835. The lowest BCUT2D eigenvalue weighted by molar-refractivity contribution is -0.139. The first-order valence-corrected chi connectivity index (χ1v) is 8.68. The number of hydrogen-bond acceptors (Lipinski definition) is 5. The van der Waals surface area contributed by atoms with Gasteiger partial charge >= 0.3 is 11.8 Å². The number of aryl methyl sites for hydroxylation is 1. The highest BCUT2D eigenvalue weighted by molar-refractivity contribution is 6.35. The van der Waals surface area contributed by atoms with Gasteiger partial charge in [0.05, 0.1) is 6.21 Å². The Hall–Kier alpha value is -3.68. The molecule has 3 amide bonds. The number of amides is 3. The second-order valence-electron chi connectivity index (χ2n) is 5.83. The van der Waals surface area contributed by atoms with E-state index in [-0.39, 0.29) is 12.5 Å². The van der Waals surface area contributed by atoms with Gasteiger partial charge in [-0.15, -0.1) is 0 Å². The van der Waals surface area contributed by atoms with Crippen molar-refractivity contribution in [2.45, 2.75) is 13.8 Å². The maximum absolute atomic E-state index is 11.9. The Labute approximate surface area is 163 Å². The summed E-state index contributed by atoms with van der Waals surface area (Å²) in [7, 11) is 0. The van der Waals surface area contributed by atoms with E-state index in [1.807, 2.05) is 31.2 Å². The molecule has 0 unspecified atom stereocenters. The molecule has 0 aliphatic heterocycles. The zero-order valence-corrected chi connectivity index (χ0v) is 15.7. The zero-order valence-electron chi connectivity index (χ0n) is 15.7. The lowest BCUT2D eigenvalue weighted by atomic mass is 10.2. The van der Waals surface area contributed by atoms with Crippen LogP contribution >= 0.6 is 0 Å². The molecule has 2 aromatic rings. The average molecular weight is 382 g/mol. The van der Waals surface area contributed by atoms with Gasteiger partial charge in [-0.25, -0.2) is 5.43 Å². The molecule has 0 spiro atoms. The maximum Gasteiger partial charge on any atom is 0.329 e. The fraction of sp³-hybridized carbons (Fsp3) is 0.200. The van der Waals surface area contributed by atoms with Gasteiger partial charge in [0, 0.05) is 12.2 Å². The standard InChI is InChI=1S/C20H22N4O4/c1-3-21-19(26)20(27)24-22-12-15-7-9-17(10-8-15)28-13-18(25)23-16-6-4-5-14(2)11-16/h4-12H,3,13H2,1-2H3,(H,21,26)(H,23,25)(H,24,27)/b22-12-.